The highest BCUT2D eigenvalue weighted by molar-refractivity contribution is 6.30. The van der Waals surface area contributed by atoms with Gasteiger partial charge in [0.05, 0.1) is 6.10 Å². The normalized spacial score (nSPS) is 14.6. The van der Waals surface area contributed by atoms with E-state index in [0.717, 1.165) is 0 Å². The highest BCUT2D eigenvalue weighted by Crippen LogP contribution is 2.20. The first-order valence-corrected chi connectivity index (χ1v) is 5.87. The molecule has 2 unspecified atom stereocenters. The molecule has 0 aliphatic carbocycles. The standard InChI is InChI=1S/C12H18ClFN2O/c1-8(17-2)7-16-12(6-15)10-4-3-9(13)5-11(10)14/h3-5,8,12,16H,6-7,15H2,1-2H3. The first kappa shape index (κ1) is 14.4. The molecular formula is C12H18ClFN2O. The molecule has 1 aromatic rings. The number of ether oxygens (including phenoxy) is 1. The van der Waals surface area contributed by atoms with Crippen molar-refractivity contribution >= 4 is 11.6 Å². The largest absolute Gasteiger partial charge is 0.380 e. The summed E-state index contributed by atoms with van der Waals surface area (Å²) in [6.45, 7) is 2.86. The van der Waals surface area contributed by atoms with Crippen molar-refractivity contribution in [2.75, 3.05) is 20.2 Å². The van der Waals surface area contributed by atoms with E-state index in [2.05, 4.69) is 5.32 Å². The maximum atomic E-state index is 13.7. The van der Waals surface area contributed by atoms with Gasteiger partial charge in [0.1, 0.15) is 5.82 Å². The van der Waals surface area contributed by atoms with E-state index in [1.165, 1.54) is 6.07 Å². The fourth-order valence-electron chi connectivity index (χ4n) is 1.50. The Kier molecular flexibility index (Phi) is 5.85. The monoisotopic (exact) mass is 260 g/mol. The molecule has 0 aliphatic rings. The van der Waals surface area contributed by atoms with E-state index in [4.69, 9.17) is 22.1 Å². The van der Waals surface area contributed by atoms with E-state index in [1.54, 1.807) is 19.2 Å². The number of nitrogens with two attached hydrogens (primary N) is 1. The molecule has 0 saturated heterocycles. The van der Waals surface area contributed by atoms with Crippen LogP contribution in [0.5, 0.6) is 0 Å². The molecule has 0 saturated carbocycles. The molecule has 0 amide bonds. The van der Waals surface area contributed by atoms with Crippen molar-refractivity contribution in [1.82, 2.24) is 5.32 Å². The molecule has 96 valence electrons. The van der Waals surface area contributed by atoms with Gasteiger partial charge < -0.3 is 15.8 Å². The summed E-state index contributed by atoms with van der Waals surface area (Å²) < 4.78 is 18.8. The molecule has 5 heteroatoms. The van der Waals surface area contributed by atoms with Crippen LogP contribution in [0.4, 0.5) is 4.39 Å². The molecule has 0 aliphatic heterocycles. The predicted molar refractivity (Wildman–Crippen MR) is 67.7 cm³/mol. The van der Waals surface area contributed by atoms with Gasteiger partial charge in [0.2, 0.25) is 0 Å². The second-order valence-corrected chi connectivity index (χ2v) is 4.35. The third-order valence-electron chi connectivity index (χ3n) is 2.63. The van der Waals surface area contributed by atoms with Gasteiger partial charge in [-0.05, 0) is 19.1 Å². The molecule has 0 aromatic heterocycles. The second kappa shape index (κ2) is 6.91. The average Bonchev–Trinajstić information content (AvgIpc) is 2.31. The average molecular weight is 261 g/mol. The molecule has 0 radical (unpaired) electrons. The number of nitrogens with one attached hydrogen (secondary N) is 1. The summed E-state index contributed by atoms with van der Waals surface area (Å²) in [5, 5.41) is 3.55. The maximum absolute atomic E-state index is 13.7. The minimum Gasteiger partial charge on any atom is -0.380 e. The van der Waals surface area contributed by atoms with Crippen molar-refractivity contribution < 1.29 is 9.13 Å². The second-order valence-electron chi connectivity index (χ2n) is 3.91. The zero-order chi connectivity index (χ0) is 12.8. The van der Waals surface area contributed by atoms with Crippen molar-refractivity contribution in [3.05, 3.63) is 34.6 Å². The predicted octanol–water partition coefficient (Wildman–Crippen LogP) is 2.10. The molecule has 3 N–H and O–H groups in total. The summed E-state index contributed by atoms with van der Waals surface area (Å²) in [5.74, 6) is -0.342. The van der Waals surface area contributed by atoms with Crippen LogP contribution in [0, 0.1) is 5.82 Å². The Bertz CT molecular complexity index is 362. The Morgan fingerprint density at radius 2 is 2.24 bits per heavy atom. The summed E-state index contributed by atoms with van der Waals surface area (Å²) in [5.41, 5.74) is 6.16. The molecule has 1 aromatic carbocycles. The van der Waals surface area contributed by atoms with Gasteiger partial charge >= 0.3 is 0 Å². The van der Waals surface area contributed by atoms with Gasteiger partial charge in [-0.25, -0.2) is 4.39 Å². The number of halogens is 2. The summed E-state index contributed by atoms with van der Waals surface area (Å²) >= 11 is 5.70. The van der Waals surface area contributed by atoms with Crippen molar-refractivity contribution in [3.63, 3.8) is 0 Å². The maximum Gasteiger partial charge on any atom is 0.129 e. The molecule has 1 rings (SSSR count). The topological polar surface area (TPSA) is 47.3 Å². The molecule has 2 atom stereocenters. The minimum absolute atomic E-state index is 0.0550. The summed E-state index contributed by atoms with van der Waals surface area (Å²) in [7, 11) is 1.63. The summed E-state index contributed by atoms with van der Waals surface area (Å²) in [6.07, 6.45) is 0.0550. The van der Waals surface area contributed by atoms with Crippen molar-refractivity contribution in [2.45, 2.75) is 19.1 Å². The van der Waals surface area contributed by atoms with Crippen molar-refractivity contribution in [2.24, 2.45) is 5.73 Å². The number of hydrogen-bond donors (Lipinski definition) is 2. The lowest BCUT2D eigenvalue weighted by molar-refractivity contribution is 0.114. The molecule has 0 fully saturated rings. The van der Waals surface area contributed by atoms with Crippen LogP contribution in [0.3, 0.4) is 0 Å². The van der Waals surface area contributed by atoms with Gasteiger partial charge in [-0.2, -0.15) is 0 Å². The third-order valence-corrected chi connectivity index (χ3v) is 2.86. The third kappa shape index (κ3) is 4.24. The SMILES string of the molecule is COC(C)CNC(CN)c1ccc(Cl)cc1F. The molecule has 0 spiro atoms. The van der Waals surface area contributed by atoms with Crippen LogP contribution in [0.2, 0.25) is 5.02 Å². The van der Waals surface area contributed by atoms with Crippen LogP contribution in [-0.4, -0.2) is 26.3 Å². The van der Waals surface area contributed by atoms with E-state index in [1.807, 2.05) is 6.92 Å². The van der Waals surface area contributed by atoms with Crippen LogP contribution < -0.4 is 11.1 Å². The lowest BCUT2D eigenvalue weighted by atomic mass is 10.1. The highest BCUT2D eigenvalue weighted by atomic mass is 35.5. The quantitative estimate of drug-likeness (QED) is 0.824. The van der Waals surface area contributed by atoms with E-state index in [9.17, 15) is 4.39 Å². The van der Waals surface area contributed by atoms with Gasteiger partial charge in [-0.15, -0.1) is 0 Å². The van der Waals surface area contributed by atoms with Gasteiger partial charge in [-0.3, -0.25) is 0 Å². The van der Waals surface area contributed by atoms with Crippen molar-refractivity contribution in [3.8, 4) is 0 Å². The minimum atomic E-state index is -0.342. The molecule has 17 heavy (non-hydrogen) atoms. The first-order valence-electron chi connectivity index (χ1n) is 5.49. The number of benzene rings is 1. The molecule has 0 bridgehead atoms. The Morgan fingerprint density at radius 1 is 1.53 bits per heavy atom. The van der Waals surface area contributed by atoms with Gasteiger partial charge in [0.25, 0.3) is 0 Å². The van der Waals surface area contributed by atoms with E-state index >= 15 is 0 Å². The Hall–Kier alpha value is -0.680. The van der Waals surface area contributed by atoms with Crippen LogP contribution in [-0.2, 0) is 4.74 Å². The summed E-state index contributed by atoms with van der Waals surface area (Å²) in [6, 6.07) is 4.37. The highest BCUT2D eigenvalue weighted by Gasteiger charge is 2.14. The van der Waals surface area contributed by atoms with Crippen molar-refractivity contribution in [1.29, 1.82) is 0 Å². The zero-order valence-corrected chi connectivity index (χ0v) is 10.8. The van der Waals surface area contributed by atoms with E-state index in [0.29, 0.717) is 23.7 Å². The molecular weight excluding hydrogens is 243 g/mol. The molecule has 3 nitrogen and oxygen atoms in total. The lowest BCUT2D eigenvalue weighted by Gasteiger charge is -2.20. The number of methoxy groups -OCH3 is 1. The van der Waals surface area contributed by atoms with E-state index < -0.39 is 0 Å². The Morgan fingerprint density at radius 3 is 2.76 bits per heavy atom. The number of rotatable bonds is 6. The van der Waals surface area contributed by atoms with Crippen LogP contribution in [0.1, 0.15) is 18.5 Å². The van der Waals surface area contributed by atoms with Gasteiger partial charge in [-0.1, -0.05) is 17.7 Å². The summed E-state index contributed by atoms with van der Waals surface area (Å²) in [4.78, 5) is 0. The lowest BCUT2D eigenvalue weighted by Crippen LogP contribution is -2.34. The first-order chi connectivity index (χ1) is 8.08. The molecule has 0 heterocycles. The van der Waals surface area contributed by atoms with E-state index in [-0.39, 0.29) is 18.0 Å². The van der Waals surface area contributed by atoms with Crippen LogP contribution in [0.25, 0.3) is 0 Å². The van der Waals surface area contributed by atoms with Crippen LogP contribution in [0.15, 0.2) is 18.2 Å². The fraction of sp³-hybridized carbons (Fsp3) is 0.500. The zero-order valence-electron chi connectivity index (χ0n) is 10.0. The smallest absolute Gasteiger partial charge is 0.129 e. The Balaban J connectivity index is 2.72. The number of hydrogen-bond acceptors (Lipinski definition) is 3. The van der Waals surface area contributed by atoms with Gasteiger partial charge in [0, 0.05) is 36.8 Å². The fourth-order valence-corrected chi connectivity index (χ4v) is 1.65. The van der Waals surface area contributed by atoms with Gasteiger partial charge in [0.15, 0.2) is 0 Å². The Labute approximate surface area is 106 Å². The van der Waals surface area contributed by atoms with Crippen LogP contribution >= 0.6 is 11.6 Å².